The molecular weight excluding hydrogens is 366 g/mol. The Kier molecular flexibility index (Phi) is 5.65. The van der Waals surface area contributed by atoms with Crippen LogP contribution in [0.4, 0.5) is 0 Å². The number of nitrogens with one attached hydrogen (secondary N) is 2. The number of nitrogens with zero attached hydrogens (tertiary/aromatic N) is 3. The maximum Gasteiger partial charge on any atom is 0.220 e. The van der Waals surface area contributed by atoms with E-state index >= 15 is 0 Å². The molecule has 4 rings (SSSR count). The van der Waals surface area contributed by atoms with E-state index in [1.165, 1.54) is 10.9 Å². The van der Waals surface area contributed by atoms with Crippen molar-refractivity contribution in [1.82, 2.24) is 25.5 Å². The van der Waals surface area contributed by atoms with Crippen molar-refractivity contribution in [2.45, 2.75) is 39.2 Å². The van der Waals surface area contributed by atoms with E-state index in [4.69, 9.17) is 4.42 Å². The molecule has 2 N–H and O–H groups in total. The number of pyridine rings is 1. The first-order chi connectivity index (χ1) is 14.2. The van der Waals surface area contributed by atoms with Crippen LogP contribution in [0.2, 0.25) is 0 Å². The standard InChI is InChI=1S/C22H23N5O2/c1-15-5-4-6-17(25-15)14-24-20(28)10-12-22-27-26-21(29-22)11-9-16-13-23-19-8-3-2-7-18(16)19/h2-8,13,23H,9-12,14H2,1H3,(H,24,28). The molecular formula is C22H23N5O2. The number of carbonyl (C=O) groups excluding carboxylic acids is 1. The summed E-state index contributed by atoms with van der Waals surface area (Å²) in [6.45, 7) is 2.34. The zero-order valence-electron chi connectivity index (χ0n) is 16.3. The summed E-state index contributed by atoms with van der Waals surface area (Å²) in [4.78, 5) is 19.7. The topological polar surface area (TPSA) is 96.7 Å². The molecule has 0 aliphatic rings. The summed E-state index contributed by atoms with van der Waals surface area (Å²) >= 11 is 0. The average Bonchev–Trinajstić information content (AvgIpc) is 3.36. The highest BCUT2D eigenvalue weighted by molar-refractivity contribution is 5.83. The molecule has 4 aromatic rings. The van der Waals surface area contributed by atoms with Crippen molar-refractivity contribution in [3.8, 4) is 0 Å². The SMILES string of the molecule is Cc1cccc(CNC(=O)CCc2nnc(CCc3c[nH]c4ccccc34)o2)n1. The Morgan fingerprint density at radius 2 is 1.86 bits per heavy atom. The predicted octanol–water partition coefficient (Wildman–Crippen LogP) is 3.29. The van der Waals surface area contributed by atoms with Crippen molar-refractivity contribution in [2.75, 3.05) is 0 Å². The number of aromatic amines is 1. The van der Waals surface area contributed by atoms with Crippen molar-refractivity contribution in [3.05, 3.63) is 77.4 Å². The van der Waals surface area contributed by atoms with Gasteiger partial charge in [-0.1, -0.05) is 24.3 Å². The van der Waals surface area contributed by atoms with Gasteiger partial charge in [0.05, 0.1) is 12.2 Å². The third-order valence-corrected chi connectivity index (χ3v) is 4.77. The second-order valence-corrected chi connectivity index (χ2v) is 7.00. The lowest BCUT2D eigenvalue weighted by Gasteiger charge is -2.04. The molecule has 1 aromatic carbocycles. The number of amides is 1. The molecule has 0 saturated carbocycles. The van der Waals surface area contributed by atoms with E-state index in [1.807, 2.05) is 43.5 Å². The minimum absolute atomic E-state index is 0.0631. The molecule has 0 unspecified atom stereocenters. The maximum atomic E-state index is 12.1. The van der Waals surface area contributed by atoms with Crippen LogP contribution in [0, 0.1) is 6.92 Å². The van der Waals surface area contributed by atoms with Crippen LogP contribution >= 0.6 is 0 Å². The monoisotopic (exact) mass is 389 g/mol. The van der Waals surface area contributed by atoms with Gasteiger partial charge in [-0.15, -0.1) is 10.2 Å². The van der Waals surface area contributed by atoms with Gasteiger partial charge in [0.15, 0.2) is 0 Å². The molecule has 29 heavy (non-hydrogen) atoms. The van der Waals surface area contributed by atoms with Gasteiger partial charge in [0.1, 0.15) is 0 Å². The number of rotatable bonds is 8. The van der Waals surface area contributed by atoms with E-state index in [1.54, 1.807) is 0 Å². The van der Waals surface area contributed by atoms with E-state index in [2.05, 4.69) is 37.6 Å². The lowest BCUT2D eigenvalue weighted by molar-refractivity contribution is -0.121. The quantitative estimate of drug-likeness (QED) is 0.482. The number of fused-ring (bicyclic) bond motifs is 1. The van der Waals surface area contributed by atoms with Crippen LogP contribution in [0.3, 0.4) is 0 Å². The molecule has 0 aliphatic heterocycles. The highest BCUT2D eigenvalue weighted by Gasteiger charge is 2.11. The van der Waals surface area contributed by atoms with E-state index in [0.29, 0.717) is 37.6 Å². The van der Waals surface area contributed by atoms with Crippen molar-refractivity contribution in [1.29, 1.82) is 0 Å². The molecule has 0 radical (unpaired) electrons. The van der Waals surface area contributed by atoms with Crippen molar-refractivity contribution in [3.63, 3.8) is 0 Å². The molecule has 0 bridgehead atoms. The molecule has 0 aliphatic carbocycles. The average molecular weight is 389 g/mol. The number of hydrogen-bond acceptors (Lipinski definition) is 5. The van der Waals surface area contributed by atoms with Crippen molar-refractivity contribution >= 4 is 16.8 Å². The molecule has 3 aromatic heterocycles. The zero-order chi connectivity index (χ0) is 20.1. The molecule has 3 heterocycles. The fourth-order valence-corrected chi connectivity index (χ4v) is 3.27. The highest BCUT2D eigenvalue weighted by atomic mass is 16.4. The van der Waals surface area contributed by atoms with Gasteiger partial charge >= 0.3 is 0 Å². The smallest absolute Gasteiger partial charge is 0.220 e. The Bertz CT molecular complexity index is 1120. The molecule has 0 atom stereocenters. The minimum atomic E-state index is -0.0631. The Labute approximate surface area is 168 Å². The minimum Gasteiger partial charge on any atom is -0.425 e. The summed E-state index contributed by atoms with van der Waals surface area (Å²) < 4.78 is 5.70. The van der Waals surface area contributed by atoms with Crippen LogP contribution in [0.1, 0.15) is 35.2 Å². The van der Waals surface area contributed by atoms with Gasteiger partial charge < -0.3 is 14.7 Å². The lowest BCUT2D eigenvalue weighted by Crippen LogP contribution is -2.23. The number of aromatic nitrogens is 4. The molecule has 7 heteroatoms. The summed E-state index contributed by atoms with van der Waals surface area (Å²) in [5.41, 5.74) is 4.13. The predicted molar refractivity (Wildman–Crippen MR) is 109 cm³/mol. The second kappa shape index (κ2) is 8.68. The number of aryl methyl sites for hydroxylation is 4. The van der Waals surface area contributed by atoms with Crippen molar-refractivity contribution in [2.24, 2.45) is 0 Å². The van der Waals surface area contributed by atoms with Crippen molar-refractivity contribution < 1.29 is 9.21 Å². The van der Waals surface area contributed by atoms with E-state index < -0.39 is 0 Å². The Hall–Kier alpha value is -3.48. The molecule has 0 saturated heterocycles. The fraction of sp³-hybridized carbons (Fsp3) is 0.273. The van der Waals surface area contributed by atoms with Gasteiger partial charge in [0.2, 0.25) is 17.7 Å². The van der Waals surface area contributed by atoms with Crippen LogP contribution < -0.4 is 5.32 Å². The maximum absolute atomic E-state index is 12.1. The number of benzene rings is 1. The largest absolute Gasteiger partial charge is 0.425 e. The van der Waals surface area contributed by atoms with Crippen LogP contribution in [-0.4, -0.2) is 26.1 Å². The summed E-state index contributed by atoms with van der Waals surface area (Å²) in [5, 5.41) is 12.3. The highest BCUT2D eigenvalue weighted by Crippen LogP contribution is 2.19. The van der Waals surface area contributed by atoms with Crippen LogP contribution in [-0.2, 0) is 30.6 Å². The van der Waals surface area contributed by atoms with E-state index in [9.17, 15) is 4.79 Å². The summed E-state index contributed by atoms with van der Waals surface area (Å²) in [6, 6.07) is 14.0. The third kappa shape index (κ3) is 4.87. The summed E-state index contributed by atoms with van der Waals surface area (Å²) in [6.07, 6.45) is 4.23. The van der Waals surface area contributed by atoms with Crippen LogP contribution in [0.25, 0.3) is 10.9 Å². The lowest BCUT2D eigenvalue weighted by atomic mass is 10.1. The van der Waals surface area contributed by atoms with Crippen LogP contribution in [0.15, 0.2) is 53.1 Å². The van der Waals surface area contributed by atoms with Crippen LogP contribution in [0.5, 0.6) is 0 Å². The fourth-order valence-electron chi connectivity index (χ4n) is 3.27. The van der Waals surface area contributed by atoms with Gasteiger partial charge in [-0.3, -0.25) is 9.78 Å². The van der Waals surface area contributed by atoms with Gasteiger partial charge in [-0.25, -0.2) is 0 Å². The molecule has 7 nitrogen and oxygen atoms in total. The number of para-hydroxylation sites is 1. The second-order valence-electron chi connectivity index (χ2n) is 7.00. The molecule has 148 valence electrons. The number of hydrogen-bond donors (Lipinski definition) is 2. The number of H-pyrrole nitrogens is 1. The van der Waals surface area contributed by atoms with Gasteiger partial charge in [-0.05, 0) is 37.1 Å². The Morgan fingerprint density at radius 1 is 1.03 bits per heavy atom. The Morgan fingerprint density at radius 3 is 2.72 bits per heavy atom. The molecule has 0 fully saturated rings. The first-order valence-corrected chi connectivity index (χ1v) is 9.73. The first kappa shape index (κ1) is 18.9. The normalized spacial score (nSPS) is 11.1. The molecule has 1 amide bonds. The Balaban J connectivity index is 1.24. The molecule has 0 spiro atoms. The van der Waals surface area contributed by atoms with Gasteiger partial charge in [-0.2, -0.15) is 0 Å². The van der Waals surface area contributed by atoms with Gasteiger partial charge in [0, 0.05) is 42.1 Å². The third-order valence-electron chi connectivity index (χ3n) is 4.77. The summed E-state index contributed by atoms with van der Waals surface area (Å²) in [5.74, 6) is 1.02. The first-order valence-electron chi connectivity index (χ1n) is 9.73. The van der Waals surface area contributed by atoms with Gasteiger partial charge in [0.25, 0.3) is 0 Å². The number of carbonyl (C=O) groups is 1. The zero-order valence-corrected chi connectivity index (χ0v) is 16.3. The van der Waals surface area contributed by atoms with E-state index in [-0.39, 0.29) is 5.91 Å². The summed E-state index contributed by atoms with van der Waals surface area (Å²) in [7, 11) is 0. The van der Waals surface area contributed by atoms with E-state index in [0.717, 1.165) is 23.3 Å².